The SMILES string of the molecule is CC(N)(c1cccc(Cl)c1)C(F)(F)F. The molecule has 1 rings (SSSR count). The van der Waals surface area contributed by atoms with Gasteiger partial charge in [-0.2, -0.15) is 13.2 Å². The third-order valence-corrected chi connectivity index (χ3v) is 2.25. The van der Waals surface area contributed by atoms with E-state index in [2.05, 4.69) is 0 Å². The van der Waals surface area contributed by atoms with E-state index in [-0.39, 0.29) is 10.6 Å². The Kier molecular flexibility index (Phi) is 2.78. The molecule has 0 spiro atoms. The average molecular weight is 224 g/mol. The molecule has 0 saturated heterocycles. The number of nitrogens with two attached hydrogens (primary N) is 1. The summed E-state index contributed by atoms with van der Waals surface area (Å²) in [5, 5.41) is 0.239. The highest BCUT2D eigenvalue weighted by atomic mass is 35.5. The van der Waals surface area contributed by atoms with Crippen LogP contribution in [0, 0.1) is 0 Å². The van der Waals surface area contributed by atoms with Gasteiger partial charge in [0.2, 0.25) is 0 Å². The van der Waals surface area contributed by atoms with Crippen LogP contribution in [-0.4, -0.2) is 6.18 Å². The van der Waals surface area contributed by atoms with Gasteiger partial charge in [0.1, 0.15) is 5.54 Å². The minimum atomic E-state index is -4.49. The van der Waals surface area contributed by atoms with Crippen LogP contribution in [0.4, 0.5) is 13.2 Å². The van der Waals surface area contributed by atoms with Crippen molar-refractivity contribution in [2.24, 2.45) is 5.73 Å². The summed E-state index contributed by atoms with van der Waals surface area (Å²) in [7, 11) is 0. The number of halogens is 4. The number of rotatable bonds is 1. The van der Waals surface area contributed by atoms with Crippen LogP contribution < -0.4 is 5.73 Å². The van der Waals surface area contributed by atoms with Gasteiger partial charge in [0.05, 0.1) is 0 Å². The van der Waals surface area contributed by atoms with Gasteiger partial charge in [-0.1, -0.05) is 23.7 Å². The highest BCUT2D eigenvalue weighted by Gasteiger charge is 2.49. The van der Waals surface area contributed by atoms with Gasteiger partial charge < -0.3 is 5.73 Å². The first-order valence-electron chi connectivity index (χ1n) is 3.87. The van der Waals surface area contributed by atoms with Crippen molar-refractivity contribution in [1.82, 2.24) is 0 Å². The van der Waals surface area contributed by atoms with Crippen LogP contribution in [-0.2, 0) is 5.54 Å². The van der Waals surface area contributed by atoms with E-state index in [1.54, 1.807) is 0 Å². The van der Waals surface area contributed by atoms with Gasteiger partial charge >= 0.3 is 6.18 Å². The lowest BCUT2D eigenvalue weighted by Crippen LogP contribution is -2.47. The number of hydrogen-bond donors (Lipinski definition) is 1. The number of alkyl halides is 3. The van der Waals surface area contributed by atoms with Crippen molar-refractivity contribution in [2.45, 2.75) is 18.6 Å². The molecule has 0 radical (unpaired) electrons. The maximum absolute atomic E-state index is 12.5. The fourth-order valence-electron chi connectivity index (χ4n) is 0.975. The van der Waals surface area contributed by atoms with E-state index >= 15 is 0 Å². The lowest BCUT2D eigenvalue weighted by Gasteiger charge is -2.28. The van der Waals surface area contributed by atoms with Gasteiger partial charge in [0.25, 0.3) is 0 Å². The third kappa shape index (κ3) is 2.01. The van der Waals surface area contributed by atoms with Crippen molar-refractivity contribution in [3.63, 3.8) is 0 Å². The molecule has 1 unspecified atom stereocenters. The predicted molar refractivity (Wildman–Crippen MR) is 49.0 cm³/mol. The molecule has 1 aromatic carbocycles. The quantitative estimate of drug-likeness (QED) is 0.778. The Morgan fingerprint density at radius 1 is 1.29 bits per heavy atom. The van der Waals surface area contributed by atoms with Crippen LogP contribution in [0.2, 0.25) is 5.02 Å². The summed E-state index contributed by atoms with van der Waals surface area (Å²) in [6, 6.07) is 5.46. The van der Waals surface area contributed by atoms with E-state index in [4.69, 9.17) is 17.3 Å². The van der Waals surface area contributed by atoms with Gasteiger partial charge in [0.15, 0.2) is 0 Å². The van der Waals surface area contributed by atoms with Crippen molar-refractivity contribution in [2.75, 3.05) is 0 Å². The molecule has 5 heteroatoms. The summed E-state index contributed by atoms with van der Waals surface area (Å²) in [5.41, 5.74) is 2.79. The van der Waals surface area contributed by atoms with Crippen molar-refractivity contribution in [3.05, 3.63) is 34.9 Å². The van der Waals surface area contributed by atoms with E-state index < -0.39 is 11.7 Å². The molecular formula is C9H9ClF3N. The minimum absolute atomic E-state index is 0.0440. The molecule has 2 N–H and O–H groups in total. The van der Waals surface area contributed by atoms with Gasteiger partial charge in [0, 0.05) is 5.02 Å². The summed E-state index contributed by atoms with van der Waals surface area (Å²) >= 11 is 5.58. The Hall–Kier alpha value is -0.740. The van der Waals surface area contributed by atoms with Crippen molar-refractivity contribution < 1.29 is 13.2 Å². The van der Waals surface area contributed by atoms with Crippen LogP contribution in [0.15, 0.2) is 24.3 Å². The largest absolute Gasteiger partial charge is 0.410 e. The Labute approximate surface area is 84.7 Å². The highest BCUT2D eigenvalue weighted by Crippen LogP contribution is 2.36. The van der Waals surface area contributed by atoms with Crippen LogP contribution in [0.3, 0.4) is 0 Å². The maximum Gasteiger partial charge on any atom is 0.410 e. The van der Waals surface area contributed by atoms with Gasteiger partial charge in [-0.05, 0) is 24.6 Å². The number of hydrogen-bond acceptors (Lipinski definition) is 1. The Bertz CT molecular complexity index is 333. The zero-order valence-electron chi connectivity index (χ0n) is 7.40. The van der Waals surface area contributed by atoms with Gasteiger partial charge in [-0.3, -0.25) is 0 Å². The zero-order chi connectivity index (χ0) is 11.0. The second-order valence-electron chi connectivity index (χ2n) is 3.21. The van der Waals surface area contributed by atoms with E-state index in [0.29, 0.717) is 0 Å². The second-order valence-corrected chi connectivity index (χ2v) is 3.65. The van der Waals surface area contributed by atoms with Crippen LogP contribution in [0.5, 0.6) is 0 Å². The van der Waals surface area contributed by atoms with Crippen LogP contribution in [0.1, 0.15) is 12.5 Å². The molecule has 0 heterocycles. The fraction of sp³-hybridized carbons (Fsp3) is 0.333. The molecule has 1 nitrogen and oxygen atoms in total. The van der Waals surface area contributed by atoms with E-state index in [9.17, 15) is 13.2 Å². The first kappa shape index (κ1) is 11.3. The number of benzene rings is 1. The van der Waals surface area contributed by atoms with Crippen molar-refractivity contribution in [3.8, 4) is 0 Å². The summed E-state index contributed by atoms with van der Waals surface area (Å²) < 4.78 is 37.4. The Balaban J connectivity index is 3.16. The Morgan fingerprint density at radius 2 is 1.86 bits per heavy atom. The molecule has 0 aliphatic carbocycles. The zero-order valence-corrected chi connectivity index (χ0v) is 8.15. The van der Waals surface area contributed by atoms with Crippen LogP contribution in [0.25, 0.3) is 0 Å². The molecule has 0 aliphatic heterocycles. The predicted octanol–water partition coefficient (Wildman–Crippen LogP) is 3.08. The Morgan fingerprint density at radius 3 is 2.29 bits per heavy atom. The van der Waals surface area contributed by atoms with E-state index in [0.717, 1.165) is 6.92 Å². The second kappa shape index (κ2) is 3.44. The molecule has 1 aromatic rings. The highest BCUT2D eigenvalue weighted by molar-refractivity contribution is 6.30. The lowest BCUT2D eigenvalue weighted by molar-refractivity contribution is -0.184. The van der Waals surface area contributed by atoms with Crippen LogP contribution >= 0.6 is 11.6 Å². The molecule has 0 aliphatic rings. The molecule has 0 saturated carbocycles. The summed E-state index contributed by atoms with van der Waals surface area (Å²) in [4.78, 5) is 0. The molecule has 14 heavy (non-hydrogen) atoms. The van der Waals surface area contributed by atoms with E-state index in [1.165, 1.54) is 24.3 Å². The topological polar surface area (TPSA) is 26.0 Å². The normalized spacial score (nSPS) is 16.4. The molecule has 0 fully saturated rings. The fourth-order valence-corrected chi connectivity index (χ4v) is 1.17. The minimum Gasteiger partial charge on any atom is -0.314 e. The van der Waals surface area contributed by atoms with E-state index in [1.807, 2.05) is 0 Å². The lowest BCUT2D eigenvalue weighted by atomic mass is 9.93. The third-order valence-electron chi connectivity index (χ3n) is 2.01. The van der Waals surface area contributed by atoms with Crippen molar-refractivity contribution >= 4 is 11.6 Å². The standard InChI is InChI=1S/C9H9ClF3N/c1-8(14,9(11,12)13)6-3-2-4-7(10)5-6/h2-5H,14H2,1H3. The molecule has 0 aromatic heterocycles. The molecule has 0 amide bonds. The monoisotopic (exact) mass is 223 g/mol. The summed E-state index contributed by atoms with van der Waals surface area (Å²) in [6.45, 7) is 0.915. The summed E-state index contributed by atoms with van der Waals surface area (Å²) in [6.07, 6.45) is -4.49. The molecule has 78 valence electrons. The first-order valence-corrected chi connectivity index (χ1v) is 4.24. The smallest absolute Gasteiger partial charge is 0.314 e. The molecule has 1 atom stereocenters. The maximum atomic E-state index is 12.5. The average Bonchev–Trinajstić information content (AvgIpc) is 2.02. The van der Waals surface area contributed by atoms with Crippen molar-refractivity contribution in [1.29, 1.82) is 0 Å². The van der Waals surface area contributed by atoms with Gasteiger partial charge in [-0.15, -0.1) is 0 Å². The first-order chi connectivity index (χ1) is 6.25. The summed E-state index contributed by atoms with van der Waals surface area (Å²) in [5.74, 6) is 0. The molecular weight excluding hydrogens is 215 g/mol. The van der Waals surface area contributed by atoms with Gasteiger partial charge in [-0.25, -0.2) is 0 Å². The molecule has 0 bridgehead atoms.